The van der Waals surface area contributed by atoms with Gasteiger partial charge in [0.1, 0.15) is 17.7 Å². The van der Waals surface area contributed by atoms with Crippen LogP contribution in [0.2, 0.25) is 0 Å². The maximum atomic E-state index is 13.5. The van der Waals surface area contributed by atoms with Gasteiger partial charge in [-0.3, -0.25) is 4.79 Å². The Morgan fingerprint density at radius 1 is 1.22 bits per heavy atom. The number of piperidine rings is 1. The molecule has 0 aliphatic carbocycles. The number of sulfonamides is 1. The van der Waals surface area contributed by atoms with E-state index in [0.29, 0.717) is 41.4 Å². The van der Waals surface area contributed by atoms with Crippen molar-refractivity contribution in [1.29, 1.82) is 0 Å². The second-order valence-corrected chi connectivity index (χ2v) is 10.9. The molecule has 0 atom stereocenters. The van der Waals surface area contributed by atoms with Crippen LogP contribution in [0.1, 0.15) is 51.0 Å². The van der Waals surface area contributed by atoms with Crippen molar-refractivity contribution in [2.45, 2.75) is 63.9 Å². The smallest absolute Gasteiger partial charge is 0.493 e. The monoisotopic (exact) mass is 533 g/mol. The summed E-state index contributed by atoms with van der Waals surface area (Å²) < 4.78 is 40.4. The summed E-state index contributed by atoms with van der Waals surface area (Å²) in [6.45, 7) is 6.35. The zero-order valence-electron chi connectivity index (χ0n) is 21.1. The highest BCUT2D eigenvalue weighted by Gasteiger charge is 2.32. The van der Waals surface area contributed by atoms with Crippen LogP contribution < -0.4 is 10.3 Å². The van der Waals surface area contributed by atoms with Gasteiger partial charge in [-0.05, 0) is 50.8 Å². The van der Waals surface area contributed by atoms with E-state index >= 15 is 0 Å². The van der Waals surface area contributed by atoms with Gasteiger partial charge in [0.2, 0.25) is 10.0 Å². The van der Waals surface area contributed by atoms with E-state index in [1.165, 1.54) is 21.0 Å². The van der Waals surface area contributed by atoms with Crippen LogP contribution in [0, 0.1) is 6.92 Å². The molecule has 1 fully saturated rings. The molecule has 4 rings (SSSR count). The SMILES string of the molecule is CCCOc1ccc(S(=O)(=O)N2CCC(OC(=O)O)CC2)cc1-c1nn2c(CCC)nc(C)c2c(=O)[nH]1. The number of fused-ring (bicyclic) bond motifs is 1. The van der Waals surface area contributed by atoms with E-state index in [2.05, 4.69) is 15.1 Å². The number of carbonyl (C=O) groups is 1. The van der Waals surface area contributed by atoms with E-state index in [9.17, 15) is 18.0 Å². The Bertz CT molecular complexity index is 1460. The molecule has 1 aliphatic heterocycles. The molecule has 0 unspecified atom stereocenters. The summed E-state index contributed by atoms with van der Waals surface area (Å²) in [7, 11) is -3.91. The number of imidazole rings is 1. The Labute approximate surface area is 214 Å². The lowest BCUT2D eigenvalue weighted by molar-refractivity contribution is 0.0307. The number of aromatic amines is 1. The second kappa shape index (κ2) is 10.9. The number of aromatic nitrogens is 4. The molecule has 3 aromatic rings. The van der Waals surface area contributed by atoms with Gasteiger partial charge >= 0.3 is 6.16 Å². The van der Waals surface area contributed by atoms with Crippen LogP contribution in [-0.2, 0) is 21.2 Å². The summed E-state index contributed by atoms with van der Waals surface area (Å²) >= 11 is 0. The van der Waals surface area contributed by atoms with Crippen LogP contribution in [-0.4, -0.2) is 69.4 Å². The molecular formula is C24H31N5O7S. The molecule has 3 heterocycles. The van der Waals surface area contributed by atoms with Crippen molar-refractivity contribution >= 4 is 21.7 Å². The third-order valence-electron chi connectivity index (χ3n) is 6.19. The van der Waals surface area contributed by atoms with Gasteiger partial charge in [-0.1, -0.05) is 13.8 Å². The standard InChI is InChI=1S/C24H31N5O7S/c1-4-6-20-25-15(3)21-23(30)26-22(27-29(20)21)18-14-17(7-8-19(18)35-13-5-2)37(33,34)28-11-9-16(10-12-28)36-24(31)32/h7-8,14,16H,4-6,9-13H2,1-3H3,(H,31,32)(H,26,27,30). The third-order valence-corrected chi connectivity index (χ3v) is 8.09. The summed E-state index contributed by atoms with van der Waals surface area (Å²) in [5.74, 6) is 1.21. The van der Waals surface area contributed by atoms with Gasteiger partial charge in [0, 0.05) is 19.5 Å². The molecule has 0 amide bonds. The molecule has 2 aromatic heterocycles. The molecule has 1 aliphatic rings. The lowest BCUT2D eigenvalue weighted by Crippen LogP contribution is -2.41. The average Bonchev–Trinajstić information content (AvgIpc) is 3.18. The number of rotatable bonds is 9. The zero-order valence-corrected chi connectivity index (χ0v) is 21.9. The molecule has 13 heteroatoms. The number of hydrogen-bond acceptors (Lipinski definition) is 8. The number of H-pyrrole nitrogens is 1. The van der Waals surface area contributed by atoms with Crippen LogP contribution in [0.5, 0.6) is 5.75 Å². The van der Waals surface area contributed by atoms with Crippen molar-refractivity contribution in [2.75, 3.05) is 19.7 Å². The van der Waals surface area contributed by atoms with E-state index in [4.69, 9.17) is 14.6 Å². The van der Waals surface area contributed by atoms with Crippen molar-refractivity contribution in [1.82, 2.24) is 23.9 Å². The number of hydrogen-bond donors (Lipinski definition) is 2. The third kappa shape index (κ3) is 5.47. The van der Waals surface area contributed by atoms with Crippen LogP contribution in [0.25, 0.3) is 16.9 Å². The summed E-state index contributed by atoms with van der Waals surface area (Å²) in [5.41, 5.74) is 0.871. The Kier molecular flexibility index (Phi) is 7.83. The lowest BCUT2D eigenvalue weighted by atomic mass is 10.1. The number of nitrogens with one attached hydrogen (secondary N) is 1. The number of aryl methyl sites for hydroxylation is 2. The van der Waals surface area contributed by atoms with Gasteiger partial charge < -0.3 is 19.6 Å². The topological polar surface area (TPSA) is 156 Å². The molecule has 0 saturated carbocycles. The average molecular weight is 534 g/mol. The summed E-state index contributed by atoms with van der Waals surface area (Å²) in [6, 6.07) is 4.48. The quantitative estimate of drug-likeness (QED) is 0.395. The molecule has 200 valence electrons. The summed E-state index contributed by atoms with van der Waals surface area (Å²) in [4.78, 5) is 31.1. The summed E-state index contributed by atoms with van der Waals surface area (Å²) in [5, 5.41) is 13.5. The Balaban J connectivity index is 1.76. The number of nitrogens with zero attached hydrogens (tertiary/aromatic N) is 4. The van der Waals surface area contributed by atoms with Gasteiger partial charge in [-0.25, -0.2) is 22.7 Å². The maximum absolute atomic E-state index is 13.5. The van der Waals surface area contributed by atoms with Crippen LogP contribution in [0.3, 0.4) is 0 Å². The first-order chi connectivity index (χ1) is 17.6. The molecule has 1 saturated heterocycles. The first-order valence-corrected chi connectivity index (χ1v) is 13.7. The number of carboxylic acid groups (broad SMARTS) is 1. The normalized spacial score (nSPS) is 15.2. The van der Waals surface area contributed by atoms with Gasteiger partial charge in [-0.15, -0.1) is 5.10 Å². The highest BCUT2D eigenvalue weighted by molar-refractivity contribution is 7.89. The zero-order chi connectivity index (χ0) is 26.7. The van der Waals surface area contributed by atoms with Gasteiger partial charge in [0.25, 0.3) is 5.56 Å². The van der Waals surface area contributed by atoms with Crippen molar-refractivity contribution in [3.63, 3.8) is 0 Å². The molecular weight excluding hydrogens is 502 g/mol. The minimum Gasteiger partial charge on any atom is -0.493 e. The van der Waals surface area contributed by atoms with E-state index in [1.54, 1.807) is 13.0 Å². The second-order valence-electron chi connectivity index (χ2n) is 8.92. The van der Waals surface area contributed by atoms with Crippen LogP contribution >= 0.6 is 0 Å². The Hall–Kier alpha value is -3.45. The fraction of sp³-hybridized carbons (Fsp3) is 0.500. The first-order valence-electron chi connectivity index (χ1n) is 12.3. The van der Waals surface area contributed by atoms with E-state index in [1.807, 2.05) is 13.8 Å². The van der Waals surface area contributed by atoms with Gasteiger partial charge in [-0.2, -0.15) is 4.31 Å². The minimum atomic E-state index is -3.91. The molecule has 37 heavy (non-hydrogen) atoms. The minimum absolute atomic E-state index is 0.0160. The molecule has 0 spiro atoms. The number of ether oxygens (including phenoxy) is 2. The molecule has 1 aromatic carbocycles. The highest BCUT2D eigenvalue weighted by atomic mass is 32.2. The fourth-order valence-electron chi connectivity index (χ4n) is 4.42. The van der Waals surface area contributed by atoms with E-state index in [-0.39, 0.29) is 42.2 Å². The Morgan fingerprint density at radius 3 is 2.59 bits per heavy atom. The summed E-state index contributed by atoms with van der Waals surface area (Å²) in [6.07, 6.45) is 0.791. The van der Waals surface area contributed by atoms with Gasteiger partial charge in [0.05, 0.1) is 22.8 Å². The maximum Gasteiger partial charge on any atom is 0.506 e. The van der Waals surface area contributed by atoms with Crippen molar-refractivity contribution in [2.24, 2.45) is 0 Å². The molecule has 2 N–H and O–H groups in total. The predicted octanol–water partition coefficient (Wildman–Crippen LogP) is 2.98. The van der Waals surface area contributed by atoms with Crippen molar-refractivity contribution in [3.8, 4) is 17.1 Å². The number of benzene rings is 1. The van der Waals surface area contributed by atoms with Crippen molar-refractivity contribution < 1.29 is 27.8 Å². The first kappa shape index (κ1) is 26.6. The Morgan fingerprint density at radius 2 is 1.95 bits per heavy atom. The van der Waals surface area contributed by atoms with Crippen molar-refractivity contribution in [3.05, 3.63) is 40.1 Å². The molecule has 12 nitrogen and oxygen atoms in total. The highest BCUT2D eigenvalue weighted by Crippen LogP contribution is 2.32. The van der Waals surface area contributed by atoms with Gasteiger partial charge in [0.15, 0.2) is 11.3 Å². The van der Waals surface area contributed by atoms with Crippen LogP contribution in [0.15, 0.2) is 27.9 Å². The fourth-order valence-corrected chi connectivity index (χ4v) is 5.91. The lowest BCUT2D eigenvalue weighted by Gasteiger charge is -2.30. The van der Waals surface area contributed by atoms with Crippen LogP contribution in [0.4, 0.5) is 4.79 Å². The van der Waals surface area contributed by atoms with E-state index < -0.39 is 22.3 Å². The largest absolute Gasteiger partial charge is 0.506 e. The molecule has 0 radical (unpaired) electrons. The predicted molar refractivity (Wildman–Crippen MR) is 134 cm³/mol. The van der Waals surface area contributed by atoms with E-state index in [0.717, 1.165) is 12.8 Å². The molecule has 0 bridgehead atoms.